The number of hydrogen-bond donors (Lipinski definition) is 3. The zero-order chi connectivity index (χ0) is 23.0. The Bertz CT molecular complexity index is 1020. The topological polar surface area (TPSA) is 156 Å². The number of nitrogens with zero attached hydrogens (tertiary/aromatic N) is 3. The number of carbonyl (C=O) groups excluding carboxylic acids is 2. The van der Waals surface area contributed by atoms with Crippen LogP contribution in [0.1, 0.15) is 35.1 Å². The summed E-state index contributed by atoms with van der Waals surface area (Å²) >= 11 is 0.862. The Labute approximate surface area is 200 Å². The minimum Gasteiger partial charge on any atom is -0.383 e. The number of phosphoric acid groups is 1. The number of benzene rings is 1. The Morgan fingerprint density at radius 2 is 1.97 bits per heavy atom. The summed E-state index contributed by atoms with van der Waals surface area (Å²) in [5.74, 6) is 0.719. The molecule has 1 heterocycles. The van der Waals surface area contributed by atoms with E-state index >= 15 is 0 Å². The second-order valence-corrected chi connectivity index (χ2v) is 8.71. The Morgan fingerprint density at radius 3 is 2.53 bits per heavy atom. The molecule has 0 aliphatic heterocycles. The standard InChI is InChI=1S/C19H23N4O6PS.Cu/c1-13(23(12-24)11-16-10-21-14(2)22-18(16)20)17(8-9-29-30(26,27)28)31-19(25)15-6-4-3-5-7-15;/h3-7,10,12H,8-9,11H2,1-2H3,(H2,20,21,22)(H2,26,27,28);/b17-13-;. The average molecular weight is 530 g/mol. The Hall–Kier alpha value is -2.04. The van der Waals surface area contributed by atoms with Crippen LogP contribution in [-0.2, 0) is 37.5 Å². The normalized spacial score (nSPS) is 11.9. The van der Waals surface area contributed by atoms with Crippen LogP contribution >= 0.6 is 19.6 Å². The first kappa shape index (κ1) is 28.0. The van der Waals surface area contributed by atoms with Crippen LogP contribution in [-0.4, -0.2) is 42.8 Å². The zero-order valence-electron chi connectivity index (χ0n) is 17.3. The summed E-state index contributed by atoms with van der Waals surface area (Å²) < 4.78 is 15.5. The first-order chi connectivity index (χ1) is 14.6. The molecule has 0 spiro atoms. The fourth-order valence-corrected chi connectivity index (χ4v) is 3.78. The number of anilines is 1. The fraction of sp³-hybridized carbons (Fsp3) is 0.263. The summed E-state index contributed by atoms with van der Waals surface area (Å²) in [7, 11) is -4.67. The van der Waals surface area contributed by atoms with Crippen molar-refractivity contribution in [2.45, 2.75) is 26.8 Å². The molecule has 1 amide bonds. The van der Waals surface area contributed by atoms with Gasteiger partial charge in [0.1, 0.15) is 11.6 Å². The van der Waals surface area contributed by atoms with Crippen molar-refractivity contribution in [2.24, 2.45) is 0 Å². The molecule has 10 nitrogen and oxygen atoms in total. The molecule has 1 radical (unpaired) electrons. The molecule has 0 aliphatic carbocycles. The van der Waals surface area contributed by atoms with Crippen molar-refractivity contribution < 1.29 is 45.5 Å². The number of hydrogen-bond acceptors (Lipinski definition) is 8. The quantitative estimate of drug-likeness (QED) is 0.237. The van der Waals surface area contributed by atoms with Gasteiger partial charge in [-0.15, -0.1) is 0 Å². The van der Waals surface area contributed by atoms with Gasteiger partial charge in [0.2, 0.25) is 11.5 Å². The minimum atomic E-state index is -4.67. The third-order valence-corrected chi connectivity index (χ3v) is 5.82. The SMILES string of the molecule is C/C(=C(\CCOP(=O)(O)O)SC(=O)c1ccccc1)N(C=O)Cc1cnc(C)nc1N.[Cu]. The van der Waals surface area contributed by atoms with E-state index in [0.29, 0.717) is 34.0 Å². The molecule has 32 heavy (non-hydrogen) atoms. The molecule has 0 aliphatic rings. The molecule has 4 N–H and O–H groups in total. The van der Waals surface area contributed by atoms with E-state index in [-0.39, 0.29) is 47.6 Å². The van der Waals surface area contributed by atoms with Crippen molar-refractivity contribution in [3.8, 4) is 0 Å². The molecule has 1 aromatic carbocycles. The van der Waals surface area contributed by atoms with Gasteiger partial charge in [0.15, 0.2) is 0 Å². The second kappa shape index (κ2) is 12.9. The third kappa shape index (κ3) is 8.83. The molecular formula is C19H23CuN4O6PS. The largest absolute Gasteiger partial charge is 0.469 e. The average Bonchev–Trinajstić information content (AvgIpc) is 2.71. The molecule has 0 unspecified atom stereocenters. The number of aromatic nitrogens is 2. The van der Waals surface area contributed by atoms with Crippen LogP contribution in [0.15, 0.2) is 47.1 Å². The van der Waals surface area contributed by atoms with Gasteiger partial charge in [-0.25, -0.2) is 14.5 Å². The van der Waals surface area contributed by atoms with Gasteiger partial charge in [-0.3, -0.25) is 14.1 Å². The number of amides is 1. The van der Waals surface area contributed by atoms with E-state index in [1.807, 2.05) is 0 Å². The monoisotopic (exact) mass is 529 g/mol. The maximum absolute atomic E-state index is 12.7. The first-order valence-corrected chi connectivity index (χ1v) is 11.4. The molecule has 2 rings (SSSR count). The van der Waals surface area contributed by atoms with Crippen molar-refractivity contribution >= 4 is 36.9 Å². The van der Waals surface area contributed by atoms with E-state index in [2.05, 4.69) is 14.5 Å². The minimum absolute atomic E-state index is 0. The molecule has 0 fully saturated rings. The summed E-state index contributed by atoms with van der Waals surface area (Å²) in [6.45, 7) is 3.03. The maximum atomic E-state index is 12.7. The second-order valence-electron chi connectivity index (χ2n) is 6.40. The van der Waals surface area contributed by atoms with Crippen LogP contribution in [0, 0.1) is 6.92 Å². The number of allylic oxidation sites excluding steroid dienone is 1. The van der Waals surface area contributed by atoms with Crippen LogP contribution < -0.4 is 5.73 Å². The van der Waals surface area contributed by atoms with Gasteiger partial charge in [0.25, 0.3) is 0 Å². The van der Waals surface area contributed by atoms with Gasteiger partial charge in [0.05, 0.1) is 13.2 Å². The molecule has 0 atom stereocenters. The van der Waals surface area contributed by atoms with Gasteiger partial charge in [0, 0.05) is 51.4 Å². The third-order valence-electron chi connectivity index (χ3n) is 4.13. The molecule has 0 saturated carbocycles. The van der Waals surface area contributed by atoms with Crippen LogP contribution in [0.5, 0.6) is 0 Å². The smallest absolute Gasteiger partial charge is 0.383 e. The van der Waals surface area contributed by atoms with Crippen LogP contribution in [0.3, 0.4) is 0 Å². The molecule has 177 valence electrons. The Balaban J connectivity index is 0.00000512. The van der Waals surface area contributed by atoms with Crippen molar-refractivity contribution in [2.75, 3.05) is 12.3 Å². The molecule has 0 saturated heterocycles. The van der Waals surface area contributed by atoms with Gasteiger partial charge in [-0.05, 0) is 25.6 Å². The summed E-state index contributed by atoms with van der Waals surface area (Å²) in [4.78, 5) is 52.2. The Morgan fingerprint density at radius 1 is 1.31 bits per heavy atom. The zero-order valence-corrected chi connectivity index (χ0v) is 19.9. The number of nitrogen functional groups attached to an aromatic ring is 1. The molecule has 2 aromatic rings. The fourth-order valence-electron chi connectivity index (χ4n) is 2.52. The van der Waals surface area contributed by atoms with Crippen molar-refractivity contribution in [1.82, 2.24) is 14.9 Å². The van der Waals surface area contributed by atoms with Crippen molar-refractivity contribution in [3.05, 3.63) is 64.1 Å². The predicted molar refractivity (Wildman–Crippen MR) is 116 cm³/mol. The van der Waals surface area contributed by atoms with Crippen molar-refractivity contribution in [3.63, 3.8) is 0 Å². The van der Waals surface area contributed by atoms with Crippen LogP contribution in [0.4, 0.5) is 5.82 Å². The van der Waals surface area contributed by atoms with Gasteiger partial charge in [-0.2, -0.15) is 0 Å². The number of thioether (sulfide) groups is 1. The summed E-state index contributed by atoms with van der Waals surface area (Å²) in [6.07, 6.45) is 2.09. The number of rotatable bonds is 10. The van der Waals surface area contributed by atoms with E-state index in [1.165, 1.54) is 11.1 Å². The number of carbonyl (C=O) groups is 2. The van der Waals surface area contributed by atoms with Crippen LogP contribution in [0.25, 0.3) is 0 Å². The summed E-state index contributed by atoms with van der Waals surface area (Å²) in [6, 6.07) is 8.52. The Kier molecular flexibility index (Phi) is 11.2. The predicted octanol–water partition coefficient (Wildman–Crippen LogP) is 2.63. The van der Waals surface area contributed by atoms with Crippen molar-refractivity contribution in [1.29, 1.82) is 0 Å². The van der Waals surface area contributed by atoms with E-state index in [9.17, 15) is 14.2 Å². The van der Waals surface area contributed by atoms with Gasteiger partial charge >= 0.3 is 7.82 Å². The number of phosphoric ester groups is 1. The van der Waals surface area contributed by atoms with Gasteiger partial charge in [-0.1, -0.05) is 30.3 Å². The number of aryl methyl sites for hydroxylation is 1. The molecule has 0 bridgehead atoms. The molecule has 13 heteroatoms. The van der Waals surface area contributed by atoms with E-state index < -0.39 is 7.82 Å². The molecular weight excluding hydrogens is 507 g/mol. The first-order valence-electron chi connectivity index (χ1n) is 9.07. The summed E-state index contributed by atoms with van der Waals surface area (Å²) in [5.41, 5.74) is 7.29. The van der Waals surface area contributed by atoms with E-state index in [4.69, 9.17) is 15.5 Å². The molecule has 1 aromatic heterocycles. The van der Waals surface area contributed by atoms with Crippen LogP contribution in [0.2, 0.25) is 0 Å². The van der Waals surface area contributed by atoms with E-state index in [0.717, 1.165) is 11.8 Å². The maximum Gasteiger partial charge on any atom is 0.469 e. The van der Waals surface area contributed by atoms with E-state index in [1.54, 1.807) is 44.2 Å². The summed E-state index contributed by atoms with van der Waals surface area (Å²) in [5, 5.41) is -0.282. The van der Waals surface area contributed by atoms with Gasteiger partial charge < -0.3 is 20.4 Å². The number of nitrogens with two attached hydrogens (primary N) is 1.